The summed E-state index contributed by atoms with van der Waals surface area (Å²) in [5, 5.41) is 5.02. The summed E-state index contributed by atoms with van der Waals surface area (Å²) in [7, 11) is 0. The molecule has 0 radical (unpaired) electrons. The number of ether oxygens (including phenoxy) is 1. The first-order valence-electron chi connectivity index (χ1n) is 16.9. The zero-order valence-corrected chi connectivity index (χ0v) is 28.6. The number of hydrogen-bond donors (Lipinski definition) is 1. The third-order valence-corrected chi connectivity index (χ3v) is 11.9. The van der Waals surface area contributed by atoms with Crippen molar-refractivity contribution in [3.05, 3.63) is 173 Å². The van der Waals surface area contributed by atoms with Crippen LogP contribution in [0, 0.1) is 11.8 Å². The molecule has 1 saturated heterocycles. The molecule has 3 amide bonds. The van der Waals surface area contributed by atoms with Gasteiger partial charge in [-0.1, -0.05) is 115 Å². The lowest BCUT2D eigenvalue weighted by atomic mass is 9.54. The lowest BCUT2D eigenvalue weighted by molar-refractivity contribution is -0.146. The van der Waals surface area contributed by atoms with Crippen LogP contribution in [0.15, 0.2) is 146 Å². The SMILES string of the molecule is O=C(Nc1ccc(Oc2cccc3ccccc23)cc1)[C@H](Cc1ccccc1)N1C(=O)[C@@H]2[C@@H](C1=O)C1(Cl)c3ccccc3C2(Cl)c2ccccc21. The van der Waals surface area contributed by atoms with Gasteiger partial charge < -0.3 is 10.1 Å². The fourth-order valence-electron chi connectivity index (χ4n) is 8.38. The van der Waals surface area contributed by atoms with Crippen molar-refractivity contribution in [2.75, 3.05) is 5.32 Å². The van der Waals surface area contributed by atoms with Crippen LogP contribution in [-0.4, -0.2) is 28.7 Å². The van der Waals surface area contributed by atoms with E-state index in [1.54, 1.807) is 24.3 Å². The number of fused-ring (bicyclic) bond motifs is 1. The van der Waals surface area contributed by atoms with Gasteiger partial charge in [0.25, 0.3) is 0 Å². The van der Waals surface area contributed by atoms with Gasteiger partial charge >= 0.3 is 0 Å². The Labute approximate surface area is 304 Å². The smallest absolute Gasteiger partial charge is 0.248 e. The predicted octanol–water partition coefficient (Wildman–Crippen LogP) is 8.78. The zero-order chi connectivity index (χ0) is 34.9. The van der Waals surface area contributed by atoms with Gasteiger partial charge in [0.15, 0.2) is 0 Å². The summed E-state index contributed by atoms with van der Waals surface area (Å²) in [6.45, 7) is 0. The number of carbonyl (C=O) groups excluding carboxylic acids is 3. The number of nitrogens with one attached hydrogen (secondary N) is 1. The molecule has 0 unspecified atom stereocenters. The predicted molar refractivity (Wildman–Crippen MR) is 198 cm³/mol. The van der Waals surface area contributed by atoms with Gasteiger partial charge in [0.05, 0.1) is 11.8 Å². The van der Waals surface area contributed by atoms with Crippen molar-refractivity contribution in [1.82, 2.24) is 4.90 Å². The number of rotatable bonds is 7. The van der Waals surface area contributed by atoms with Crippen molar-refractivity contribution in [1.29, 1.82) is 0 Å². The lowest BCUT2D eigenvalue weighted by Gasteiger charge is -2.54. The Morgan fingerprint density at radius 3 is 1.75 bits per heavy atom. The number of carbonyl (C=O) groups is 3. The molecule has 1 aliphatic heterocycles. The Balaban J connectivity index is 1.06. The first kappa shape index (κ1) is 31.5. The number of alkyl halides is 2. The van der Waals surface area contributed by atoms with Crippen LogP contribution in [0.1, 0.15) is 27.8 Å². The van der Waals surface area contributed by atoms with Crippen LogP contribution in [0.4, 0.5) is 5.69 Å². The van der Waals surface area contributed by atoms with E-state index >= 15 is 0 Å². The Morgan fingerprint density at radius 2 is 1.16 bits per heavy atom. The maximum Gasteiger partial charge on any atom is 0.248 e. The summed E-state index contributed by atoms with van der Waals surface area (Å²) in [6, 6.07) is 44.0. The first-order chi connectivity index (χ1) is 24.8. The Morgan fingerprint density at radius 1 is 0.647 bits per heavy atom. The van der Waals surface area contributed by atoms with Crippen molar-refractivity contribution < 1.29 is 19.1 Å². The molecule has 1 heterocycles. The lowest BCUT2D eigenvalue weighted by Crippen LogP contribution is -2.57. The molecule has 0 saturated carbocycles. The molecule has 6 aromatic rings. The van der Waals surface area contributed by atoms with E-state index in [0.717, 1.165) is 21.2 Å². The molecule has 10 rings (SSSR count). The molecule has 2 bridgehead atoms. The molecule has 0 aromatic heterocycles. The summed E-state index contributed by atoms with van der Waals surface area (Å²) in [4.78, 5) is 42.3. The molecule has 4 aliphatic rings. The highest BCUT2D eigenvalue weighted by molar-refractivity contribution is 6.36. The minimum atomic E-state index is -1.34. The zero-order valence-electron chi connectivity index (χ0n) is 27.1. The van der Waals surface area contributed by atoms with Crippen molar-refractivity contribution in [3.63, 3.8) is 0 Å². The van der Waals surface area contributed by atoms with Crippen molar-refractivity contribution in [3.8, 4) is 11.5 Å². The largest absolute Gasteiger partial charge is 0.457 e. The van der Waals surface area contributed by atoms with Gasteiger partial charge in [-0.15, -0.1) is 23.2 Å². The fraction of sp³-hybridized carbons (Fsp3) is 0.140. The number of amides is 3. The number of likely N-dealkylation sites (tertiary alicyclic amines) is 1. The van der Waals surface area contributed by atoms with E-state index in [9.17, 15) is 14.4 Å². The van der Waals surface area contributed by atoms with Gasteiger partial charge in [0.2, 0.25) is 17.7 Å². The Bertz CT molecular complexity index is 2250. The molecule has 1 N–H and O–H groups in total. The van der Waals surface area contributed by atoms with E-state index in [1.807, 2.05) is 121 Å². The standard InChI is InChI=1S/C43H30Cl2N2O4/c44-42-31-16-6-7-17-32(31)43(45,34-19-9-8-18-33(34)42)38-37(42)40(49)47(41(38)50)35(25-26-11-2-1-3-12-26)39(48)46-28-21-23-29(24-22-28)51-36-20-10-14-27-13-4-5-15-30(27)36/h1-24,35,37-38H,25H2,(H,46,48)/t35-,37-,38-,42?,43?/m0/s1. The van der Waals surface area contributed by atoms with Crippen molar-refractivity contribution >= 4 is 57.4 Å². The quantitative estimate of drug-likeness (QED) is 0.133. The normalized spacial score (nSPS) is 23.4. The highest BCUT2D eigenvalue weighted by Gasteiger charge is 2.73. The molecule has 250 valence electrons. The van der Waals surface area contributed by atoms with Crippen molar-refractivity contribution in [2.24, 2.45) is 11.8 Å². The molecule has 6 aromatic carbocycles. The summed E-state index contributed by atoms with van der Waals surface area (Å²) >= 11 is 15.3. The molecule has 51 heavy (non-hydrogen) atoms. The average Bonchev–Trinajstić information content (AvgIpc) is 3.44. The summed E-state index contributed by atoms with van der Waals surface area (Å²) in [5.74, 6) is -2.23. The van der Waals surface area contributed by atoms with Gasteiger partial charge in [0, 0.05) is 17.5 Å². The monoisotopic (exact) mass is 708 g/mol. The topological polar surface area (TPSA) is 75.7 Å². The van der Waals surface area contributed by atoms with Gasteiger partial charge in [-0.05, 0) is 63.5 Å². The summed E-state index contributed by atoms with van der Waals surface area (Å²) in [5.41, 5.74) is 4.11. The highest BCUT2D eigenvalue weighted by atomic mass is 35.5. The molecule has 8 heteroatoms. The maximum absolute atomic E-state index is 14.8. The first-order valence-corrected chi connectivity index (χ1v) is 17.6. The maximum atomic E-state index is 14.8. The van der Waals surface area contributed by atoms with E-state index in [-0.39, 0.29) is 6.42 Å². The minimum Gasteiger partial charge on any atom is -0.457 e. The molecule has 3 atom stereocenters. The third kappa shape index (κ3) is 4.67. The van der Waals surface area contributed by atoms with Crippen LogP contribution in [0.3, 0.4) is 0 Å². The van der Waals surface area contributed by atoms with E-state index in [0.29, 0.717) is 39.4 Å². The molecular weight excluding hydrogens is 679 g/mol. The number of anilines is 1. The minimum absolute atomic E-state index is 0.107. The second-order valence-corrected chi connectivity index (χ2v) is 14.5. The van der Waals surface area contributed by atoms with Gasteiger partial charge in [-0.2, -0.15) is 0 Å². The number of nitrogens with zero attached hydrogens (tertiary/aromatic N) is 1. The second-order valence-electron chi connectivity index (χ2n) is 13.3. The third-order valence-electron chi connectivity index (χ3n) is 10.6. The molecule has 0 spiro atoms. The molecule has 1 fully saturated rings. The highest BCUT2D eigenvalue weighted by Crippen LogP contribution is 2.69. The number of imide groups is 1. The Hall–Kier alpha value is -5.43. The average molecular weight is 710 g/mol. The van der Waals surface area contributed by atoms with Gasteiger partial charge in [-0.25, -0.2) is 0 Å². The van der Waals surface area contributed by atoms with Crippen molar-refractivity contribution in [2.45, 2.75) is 22.2 Å². The molecule has 3 aliphatic carbocycles. The summed E-state index contributed by atoms with van der Waals surface area (Å²) in [6.07, 6.45) is 0.107. The van der Waals surface area contributed by atoms with E-state index in [2.05, 4.69) is 5.32 Å². The van der Waals surface area contributed by atoms with Crippen LogP contribution in [-0.2, 0) is 30.6 Å². The van der Waals surface area contributed by atoms with E-state index in [4.69, 9.17) is 27.9 Å². The van der Waals surface area contributed by atoms with E-state index < -0.39 is 45.3 Å². The van der Waals surface area contributed by atoms with Crippen LogP contribution in [0.5, 0.6) is 11.5 Å². The van der Waals surface area contributed by atoms with Gasteiger partial charge in [0.1, 0.15) is 27.3 Å². The number of benzene rings is 6. The number of halogens is 2. The second kappa shape index (κ2) is 11.8. The van der Waals surface area contributed by atoms with Crippen LogP contribution in [0.2, 0.25) is 0 Å². The number of hydrogen-bond acceptors (Lipinski definition) is 4. The summed E-state index contributed by atoms with van der Waals surface area (Å²) < 4.78 is 6.20. The van der Waals surface area contributed by atoms with Gasteiger partial charge in [-0.3, -0.25) is 19.3 Å². The van der Waals surface area contributed by atoms with Crippen LogP contribution >= 0.6 is 23.2 Å². The van der Waals surface area contributed by atoms with E-state index in [1.165, 1.54) is 0 Å². The Kier molecular flexibility index (Phi) is 7.32. The fourth-order valence-corrected chi connectivity index (χ4v) is 9.48. The van der Waals surface area contributed by atoms with Crippen LogP contribution in [0.25, 0.3) is 10.8 Å². The molecular formula is C43H30Cl2N2O4. The van der Waals surface area contributed by atoms with Crippen LogP contribution < -0.4 is 10.1 Å². The molecule has 6 nitrogen and oxygen atoms in total.